The third-order valence-corrected chi connectivity index (χ3v) is 2.86. The number of halogens is 3. The molecular weight excluding hydrogens is 279 g/mol. The molecule has 0 aliphatic rings. The van der Waals surface area contributed by atoms with Crippen molar-refractivity contribution in [1.29, 1.82) is 0 Å². The molecule has 0 saturated heterocycles. The lowest BCUT2D eigenvalue weighted by molar-refractivity contribution is 1.11. The summed E-state index contributed by atoms with van der Waals surface area (Å²) in [6, 6.07) is 11.3. The van der Waals surface area contributed by atoms with E-state index in [0.717, 1.165) is 11.4 Å². The molecule has 1 aromatic heterocycles. The summed E-state index contributed by atoms with van der Waals surface area (Å²) in [4.78, 5) is 4.16. The zero-order chi connectivity index (χ0) is 11.4. The van der Waals surface area contributed by atoms with Gasteiger partial charge in [-0.05, 0) is 29.8 Å². The van der Waals surface area contributed by atoms with Crippen LogP contribution in [0.1, 0.15) is 5.56 Å². The van der Waals surface area contributed by atoms with Crippen LogP contribution >= 0.6 is 35.6 Å². The van der Waals surface area contributed by atoms with Crippen LogP contribution in [0.3, 0.4) is 0 Å². The van der Waals surface area contributed by atoms with Crippen molar-refractivity contribution < 1.29 is 0 Å². The minimum Gasteiger partial charge on any atom is -0.366 e. The zero-order valence-corrected chi connectivity index (χ0v) is 11.2. The predicted molar refractivity (Wildman–Crippen MR) is 75.3 cm³/mol. The fraction of sp³-hybridized carbons (Fsp3) is 0.0833. The second kappa shape index (κ2) is 6.70. The molecule has 90 valence electrons. The fourth-order valence-corrected chi connectivity index (χ4v) is 1.63. The summed E-state index contributed by atoms with van der Waals surface area (Å²) >= 11 is 11.8. The van der Waals surface area contributed by atoms with E-state index in [-0.39, 0.29) is 12.4 Å². The van der Waals surface area contributed by atoms with Gasteiger partial charge in [0.1, 0.15) is 5.82 Å². The lowest BCUT2D eigenvalue weighted by Gasteiger charge is -2.06. The summed E-state index contributed by atoms with van der Waals surface area (Å²) in [7, 11) is 0. The fourth-order valence-electron chi connectivity index (χ4n) is 1.31. The molecule has 0 bridgehead atoms. The molecule has 0 aliphatic heterocycles. The topological polar surface area (TPSA) is 24.9 Å². The van der Waals surface area contributed by atoms with Crippen LogP contribution in [0.15, 0.2) is 42.6 Å². The molecule has 2 nitrogen and oxygen atoms in total. The lowest BCUT2D eigenvalue weighted by Crippen LogP contribution is -2.00. The summed E-state index contributed by atoms with van der Waals surface area (Å²) in [6.07, 6.45) is 1.75. The molecule has 17 heavy (non-hydrogen) atoms. The van der Waals surface area contributed by atoms with E-state index >= 15 is 0 Å². The SMILES string of the molecule is Cl.Clc1ccc(CNc2ccccn2)cc1Cl. The van der Waals surface area contributed by atoms with E-state index in [0.29, 0.717) is 16.6 Å². The number of benzene rings is 1. The van der Waals surface area contributed by atoms with Gasteiger partial charge in [0.05, 0.1) is 10.0 Å². The third-order valence-electron chi connectivity index (χ3n) is 2.12. The standard InChI is InChI=1S/C12H10Cl2N2.ClH/c13-10-5-4-9(7-11(10)14)8-16-12-3-1-2-6-15-12;/h1-7H,8H2,(H,15,16);1H. The van der Waals surface area contributed by atoms with Crippen LogP contribution < -0.4 is 5.32 Å². The molecule has 0 saturated carbocycles. The van der Waals surface area contributed by atoms with Gasteiger partial charge in [-0.25, -0.2) is 4.98 Å². The van der Waals surface area contributed by atoms with E-state index in [4.69, 9.17) is 23.2 Å². The summed E-state index contributed by atoms with van der Waals surface area (Å²) in [5.41, 5.74) is 1.07. The molecule has 2 rings (SSSR count). The maximum Gasteiger partial charge on any atom is 0.126 e. The maximum atomic E-state index is 5.92. The molecule has 2 aromatic rings. The Balaban J connectivity index is 0.00000144. The van der Waals surface area contributed by atoms with Gasteiger partial charge in [-0.15, -0.1) is 12.4 Å². The average Bonchev–Trinajstić information content (AvgIpc) is 2.32. The summed E-state index contributed by atoms with van der Waals surface area (Å²) in [5, 5.41) is 4.34. The largest absolute Gasteiger partial charge is 0.366 e. The first-order valence-electron chi connectivity index (χ1n) is 4.84. The van der Waals surface area contributed by atoms with Crippen molar-refractivity contribution in [2.45, 2.75) is 6.54 Å². The predicted octanol–water partition coefficient (Wildman–Crippen LogP) is 4.42. The van der Waals surface area contributed by atoms with Crippen LogP contribution in [0.2, 0.25) is 10.0 Å². The second-order valence-electron chi connectivity index (χ2n) is 3.32. The summed E-state index contributed by atoms with van der Waals surface area (Å²) < 4.78 is 0. The Morgan fingerprint density at radius 2 is 1.88 bits per heavy atom. The van der Waals surface area contributed by atoms with Gasteiger partial charge in [-0.2, -0.15) is 0 Å². The number of hydrogen-bond donors (Lipinski definition) is 1. The van der Waals surface area contributed by atoms with Gasteiger partial charge >= 0.3 is 0 Å². The van der Waals surface area contributed by atoms with Crippen molar-refractivity contribution >= 4 is 41.4 Å². The summed E-state index contributed by atoms with van der Waals surface area (Å²) in [5.74, 6) is 0.841. The Hall–Kier alpha value is -0.960. The minimum atomic E-state index is 0. The van der Waals surface area contributed by atoms with Crippen LogP contribution in [0.5, 0.6) is 0 Å². The molecular formula is C12H11Cl3N2. The number of rotatable bonds is 3. The van der Waals surface area contributed by atoms with Gasteiger partial charge < -0.3 is 5.32 Å². The van der Waals surface area contributed by atoms with E-state index in [1.807, 2.05) is 30.3 Å². The lowest BCUT2D eigenvalue weighted by atomic mass is 10.2. The van der Waals surface area contributed by atoms with Crippen molar-refractivity contribution in [2.24, 2.45) is 0 Å². The van der Waals surface area contributed by atoms with Crippen LogP contribution in [0.25, 0.3) is 0 Å². The summed E-state index contributed by atoms with van der Waals surface area (Å²) in [6.45, 7) is 0.675. The van der Waals surface area contributed by atoms with Crippen LogP contribution in [-0.4, -0.2) is 4.98 Å². The molecule has 1 N–H and O–H groups in total. The van der Waals surface area contributed by atoms with E-state index in [1.165, 1.54) is 0 Å². The number of anilines is 1. The highest BCUT2D eigenvalue weighted by Crippen LogP contribution is 2.22. The molecule has 1 heterocycles. The van der Waals surface area contributed by atoms with Crippen molar-refractivity contribution in [3.05, 3.63) is 58.2 Å². The molecule has 0 spiro atoms. The van der Waals surface area contributed by atoms with Crippen molar-refractivity contribution in [3.8, 4) is 0 Å². The van der Waals surface area contributed by atoms with E-state index in [1.54, 1.807) is 12.3 Å². The Kier molecular flexibility index (Phi) is 5.56. The highest BCUT2D eigenvalue weighted by atomic mass is 35.5. The minimum absolute atomic E-state index is 0. The van der Waals surface area contributed by atoms with E-state index < -0.39 is 0 Å². The van der Waals surface area contributed by atoms with Crippen molar-refractivity contribution in [1.82, 2.24) is 4.98 Å². The number of hydrogen-bond acceptors (Lipinski definition) is 2. The molecule has 0 radical (unpaired) electrons. The van der Waals surface area contributed by atoms with Crippen molar-refractivity contribution in [2.75, 3.05) is 5.32 Å². The number of nitrogens with zero attached hydrogens (tertiary/aromatic N) is 1. The highest BCUT2D eigenvalue weighted by Gasteiger charge is 1.99. The number of pyridine rings is 1. The van der Waals surface area contributed by atoms with Gasteiger partial charge in [-0.1, -0.05) is 35.3 Å². The Morgan fingerprint density at radius 1 is 1.06 bits per heavy atom. The van der Waals surface area contributed by atoms with Gasteiger partial charge in [0.2, 0.25) is 0 Å². The van der Waals surface area contributed by atoms with Crippen LogP contribution in [0, 0.1) is 0 Å². The molecule has 0 atom stereocenters. The third kappa shape index (κ3) is 4.08. The van der Waals surface area contributed by atoms with Gasteiger partial charge in [0, 0.05) is 12.7 Å². The molecule has 5 heteroatoms. The highest BCUT2D eigenvalue weighted by molar-refractivity contribution is 6.42. The van der Waals surface area contributed by atoms with Crippen molar-refractivity contribution in [3.63, 3.8) is 0 Å². The Labute approximate surface area is 116 Å². The molecule has 1 aromatic carbocycles. The van der Waals surface area contributed by atoms with E-state index in [9.17, 15) is 0 Å². The van der Waals surface area contributed by atoms with Crippen LogP contribution in [0.4, 0.5) is 5.82 Å². The maximum absolute atomic E-state index is 5.92. The molecule has 0 amide bonds. The van der Waals surface area contributed by atoms with E-state index in [2.05, 4.69) is 10.3 Å². The Morgan fingerprint density at radius 3 is 2.53 bits per heavy atom. The van der Waals surface area contributed by atoms with Gasteiger partial charge in [0.25, 0.3) is 0 Å². The number of aromatic nitrogens is 1. The van der Waals surface area contributed by atoms with Crippen LogP contribution in [-0.2, 0) is 6.54 Å². The molecule has 0 fully saturated rings. The van der Waals surface area contributed by atoms with Gasteiger partial charge in [0.15, 0.2) is 0 Å². The molecule has 0 unspecified atom stereocenters. The molecule has 0 aliphatic carbocycles. The Bertz CT molecular complexity index is 474. The quantitative estimate of drug-likeness (QED) is 0.904. The second-order valence-corrected chi connectivity index (χ2v) is 4.13. The number of nitrogens with one attached hydrogen (secondary N) is 1. The normalized spacial score (nSPS) is 9.53. The first kappa shape index (κ1) is 14.1. The average molecular weight is 290 g/mol. The van der Waals surface area contributed by atoms with Gasteiger partial charge in [-0.3, -0.25) is 0 Å². The monoisotopic (exact) mass is 288 g/mol. The first-order valence-corrected chi connectivity index (χ1v) is 5.60. The smallest absolute Gasteiger partial charge is 0.126 e. The first-order chi connectivity index (χ1) is 7.75. The zero-order valence-electron chi connectivity index (χ0n) is 8.86.